The molecule has 0 bridgehead atoms. The number of hydrogen-bond donors (Lipinski definition) is 1. The lowest BCUT2D eigenvalue weighted by molar-refractivity contribution is 0.172. The van der Waals surface area contributed by atoms with Gasteiger partial charge in [0, 0.05) is 43.0 Å². The summed E-state index contributed by atoms with van der Waals surface area (Å²) in [6.45, 7) is 1.54. The van der Waals surface area contributed by atoms with E-state index in [1.54, 1.807) is 6.92 Å². The van der Waals surface area contributed by atoms with Gasteiger partial charge in [-0.25, -0.2) is 0 Å². The van der Waals surface area contributed by atoms with Gasteiger partial charge in [-0.2, -0.15) is 4.98 Å². The van der Waals surface area contributed by atoms with Crippen LogP contribution in [0.1, 0.15) is 30.0 Å². The molecular formula is C18H21N3O3S. The number of H-pyrrole nitrogens is 1. The van der Waals surface area contributed by atoms with Crippen LogP contribution in [0.5, 0.6) is 5.75 Å². The first-order valence-electron chi connectivity index (χ1n) is 11.9. The number of imidazole rings is 1. The fraction of sp³-hybridized carbons (Fsp3) is 0.333. The molecule has 1 atom stereocenters. The van der Waals surface area contributed by atoms with E-state index < -0.39 is 36.5 Å². The first-order chi connectivity index (χ1) is 15.8. The van der Waals surface area contributed by atoms with E-state index in [2.05, 4.69) is 19.7 Å². The molecule has 0 fully saturated rings. The Labute approximate surface area is 162 Å². The van der Waals surface area contributed by atoms with Gasteiger partial charge in [0.05, 0.1) is 35.7 Å². The zero-order valence-corrected chi connectivity index (χ0v) is 14.2. The predicted molar refractivity (Wildman–Crippen MR) is 97.2 cm³/mol. The number of para-hydroxylation sites is 2. The molecule has 1 N–H and O–H groups in total. The lowest BCUT2D eigenvalue weighted by atomic mass is 10.2. The lowest BCUT2D eigenvalue weighted by Crippen LogP contribution is -2.10. The molecule has 0 saturated heterocycles. The van der Waals surface area contributed by atoms with Crippen LogP contribution >= 0.6 is 0 Å². The van der Waals surface area contributed by atoms with E-state index >= 15 is 0 Å². The summed E-state index contributed by atoms with van der Waals surface area (Å²) >= 11 is -1.85. The number of benzene rings is 1. The van der Waals surface area contributed by atoms with E-state index in [1.165, 1.54) is 0 Å². The SMILES string of the molecule is [2H]c1nc(C[S+]([O-])c2nc3c([2H])c([2H])c([2H])c([2H])c3[nH]2)c(C)c(OCCCOC([2H])([2H])[2H])c1[2H]. The Morgan fingerprint density at radius 2 is 2.20 bits per heavy atom. The van der Waals surface area contributed by atoms with Crippen molar-refractivity contribution in [1.82, 2.24) is 15.0 Å². The van der Waals surface area contributed by atoms with Gasteiger partial charge >= 0.3 is 5.16 Å². The fourth-order valence-electron chi connectivity index (χ4n) is 2.06. The Kier molecular flexibility index (Phi) is 3.19. The van der Waals surface area contributed by atoms with Gasteiger partial charge in [-0.1, -0.05) is 12.1 Å². The van der Waals surface area contributed by atoms with Gasteiger partial charge in [0.1, 0.15) is 5.75 Å². The summed E-state index contributed by atoms with van der Waals surface area (Å²) in [5, 5.41) is -0.0750. The minimum Gasteiger partial charge on any atom is -0.609 e. The number of pyridine rings is 1. The Bertz CT molecular complexity index is 1170. The molecule has 3 rings (SSSR count). The summed E-state index contributed by atoms with van der Waals surface area (Å²) < 4.78 is 91.6. The largest absolute Gasteiger partial charge is 0.609 e. The van der Waals surface area contributed by atoms with Crippen molar-refractivity contribution in [2.24, 2.45) is 0 Å². The Morgan fingerprint density at radius 1 is 1.32 bits per heavy atom. The van der Waals surface area contributed by atoms with Gasteiger partial charge in [-0.15, -0.1) is 0 Å². The third kappa shape index (κ3) is 4.31. The zero-order valence-electron chi connectivity index (χ0n) is 22.4. The van der Waals surface area contributed by atoms with Gasteiger partial charge in [0.25, 0.3) is 0 Å². The highest BCUT2D eigenvalue weighted by atomic mass is 32.2. The van der Waals surface area contributed by atoms with E-state index in [0.29, 0.717) is 5.56 Å². The topological polar surface area (TPSA) is 83.1 Å². The lowest BCUT2D eigenvalue weighted by Gasteiger charge is -2.12. The van der Waals surface area contributed by atoms with Crippen LogP contribution in [0.25, 0.3) is 11.0 Å². The van der Waals surface area contributed by atoms with Crippen molar-refractivity contribution in [1.29, 1.82) is 0 Å². The molecule has 0 amide bonds. The number of hydrogen-bond acceptors (Lipinski definition) is 5. The predicted octanol–water partition coefficient (Wildman–Crippen LogP) is 2.99. The molecule has 0 spiro atoms. The third-order valence-electron chi connectivity index (χ3n) is 3.37. The normalized spacial score (nSPS) is 18.1. The van der Waals surface area contributed by atoms with Crippen LogP contribution in [-0.2, 0) is 21.7 Å². The molecule has 2 heterocycles. The average Bonchev–Trinajstić information content (AvgIpc) is 3.21. The Morgan fingerprint density at radius 3 is 3.08 bits per heavy atom. The molecule has 0 radical (unpaired) electrons. The fourth-order valence-corrected chi connectivity index (χ4v) is 3.14. The summed E-state index contributed by atoms with van der Waals surface area (Å²) in [4.78, 5) is 10.8. The number of nitrogens with zero attached hydrogens (tertiary/aromatic N) is 2. The molecule has 2 aromatic heterocycles. The average molecular weight is 369 g/mol. The number of ether oxygens (including phenoxy) is 2. The number of fused-ring (bicyclic) bond motifs is 1. The van der Waals surface area contributed by atoms with E-state index in [0.717, 1.165) is 0 Å². The molecule has 3 aromatic rings. The van der Waals surface area contributed by atoms with E-state index in [1.807, 2.05) is 0 Å². The first-order valence-corrected chi connectivity index (χ1v) is 8.71. The summed E-state index contributed by atoms with van der Waals surface area (Å²) in [6, 6.07) is -1.83. The quantitative estimate of drug-likeness (QED) is 0.488. The number of aromatic amines is 1. The van der Waals surface area contributed by atoms with Crippen molar-refractivity contribution >= 4 is 22.2 Å². The molecule has 25 heavy (non-hydrogen) atoms. The summed E-state index contributed by atoms with van der Waals surface area (Å²) in [6.07, 6.45) is -0.163. The van der Waals surface area contributed by atoms with Crippen LogP contribution in [0.15, 0.2) is 41.5 Å². The van der Waals surface area contributed by atoms with Crippen molar-refractivity contribution < 1.29 is 26.4 Å². The van der Waals surface area contributed by atoms with E-state index in [-0.39, 0.29) is 71.1 Å². The monoisotopic (exact) mass is 368 g/mol. The first kappa shape index (κ1) is 9.56. The molecule has 132 valence electrons. The second-order valence-corrected chi connectivity index (χ2v) is 6.42. The number of methoxy groups -OCH3 is 1. The molecule has 0 aliphatic rings. The van der Waals surface area contributed by atoms with Gasteiger partial charge in [0.2, 0.25) is 0 Å². The van der Waals surface area contributed by atoms with Crippen LogP contribution in [0.2, 0.25) is 0 Å². The van der Waals surface area contributed by atoms with E-state index in [4.69, 9.17) is 17.1 Å². The maximum atomic E-state index is 13.0. The van der Waals surface area contributed by atoms with Gasteiger partial charge in [0.15, 0.2) is 5.75 Å². The second kappa shape index (κ2) is 8.33. The third-order valence-corrected chi connectivity index (χ3v) is 4.53. The molecule has 6 nitrogen and oxygen atoms in total. The van der Waals surface area contributed by atoms with Crippen molar-refractivity contribution in [2.75, 3.05) is 20.3 Å². The maximum Gasteiger partial charge on any atom is 0.322 e. The van der Waals surface area contributed by atoms with Crippen molar-refractivity contribution in [3.63, 3.8) is 0 Å². The highest BCUT2D eigenvalue weighted by molar-refractivity contribution is 7.90. The summed E-state index contributed by atoms with van der Waals surface area (Å²) in [5.41, 5.74) is 0.592. The van der Waals surface area contributed by atoms with Crippen LogP contribution in [0.3, 0.4) is 0 Å². The van der Waals surface area contributed by atoms with Gasteiger partial charge < -0.3 is 14.0 Å². The van der Waals surface area contributed by atoms with Crippen LogP contribution in [0, 0.1) is 6.92 Å². The van der Waals surface area contributed by atoms with Crippen molar-refractivity contribution in [3.05, 3.63) is 47.6 Å². The molecule has 0 aliphatic carbocycles. The second-order valence-electron chi connectivity index (χ2n) is 5.06. The van der Waals surface area contributed by atoms with Crippen LogP contribution < -0.4 is 4.74 Å². The molecule has 1 unspecified atom stereocenters. The molecular weight excluding hydrogens is 338 g/mol. The van der Waals surface area contributed by atoms with Crippen LogP contribution in [-0.4, -0.2) is 39.8 Å². The van der Waals surface area contributed by atoms with E-state index in [9.17, 15) is 4.55 Å². The minimum atomic E-state index is -2.51. The highest BCUT2D eigenvalue weighted by Gasteiger charge is 2.20. The van der Waals surface area contributed by atoms with Crippen LogP contribution in [0.4, 0.5) is 0 Å². The molecule has 0 aliphatic heterocycles. The molecule has 7 heteroatoms. The minimum absolute atomic E-state index is 0.0296. The Balaban J connectivity index is 1.81. The molecule has 1 aromatic carbocycles. The van der Waals surface area contributed by atoms with Gasteiger partial charge in [-0.05, 0) is 25.1 Å². The highest BCUT2D eigenvalue weighted by Crippen LogP contribution is 2.24. The maximum absolute atomic E-state index is 13.0. The number of rotatable bonds is 8. The zero-order chi connectivity index (χ0) is 25.4. The number of nitrogens with one attached hydrogen (secondary N) is 1. The molecule has 0 saturated carbocycles. The smallest absolute Gasteiger partial charge is 0.322 e. The van der Waals surface area contributed by atoms with Crippen molar-refractivity contribution in [3.8, 4) is 5.75 Å². The van der Waals surface area contributed by atoms with Crippen molar-refractivity contribution in [2.45, 2.75) is 24.3 Å². The standard InChI is InChI=1S/C18H21N3O3S/c1-13-16(19-9-8-17(13)24-11-5-10-23-2)12-25(22)18-20-14-6-3-4-7-15(14)21-18/h3-4,6-9H,5,10-12H2,1-2H3,(H,20,21)/i2D3,3D,4D,6D,7D,8D,9D. The Hall–Kier alpha value is -2.09. The summed E-state index contributed by atoms with van der Waals surface area (Å²) in [7, 11) is -2.51. The number of aromatic nitrogens is 3. The summed E-state index contributed by atoms with van der Waals surface area (Å²) in [5.74, 6) is -0.150. The van der Waals surface area contributed by atoms with Gasteiger partial charge in [-0.3, -0.25) is 9.97 Å².